The largest absolute Gasteiger partial charge is 0.457 e. The van der Waals surface area contributed by atoms with E-state index < -0.39 is 0 Å². The lowest BCUT2D eigenvalue weighted by Gasteiger charge is -2.27. The highest BCUT2D eigenvalue weighted by Gasteiger charge is 2.27. The van der Waals surface area contributed by atoms with Crippen molar-refractivity contribution < 1.29 is 4.42 Å². The van der Waals surface area contributed by atoms with E-state index in [0.29, 0.717) is 0 Å². The van der Waals surface area contributed by atoms with Crippen LogP contribution in [0.15, 0.2) is 52.9 Å². The summed E-state index contributed by atoms with van der Waals surface area (Å²) in [6.07, 6.45) is 0. The predicted molar refractivity (Wildman–Crippen MR) is 272 cm³/mol. The predicted octanol–water partition coefficient (Wildman–Crippen LogP) is -14.0. The zero-order chi connectivity index (χ0) is 36.5. The molecule has 8 aromatic rings. The molecule has 228 valence electrons. The molecule has 0 saturated carbocycles. The maximum atomic E-state index is 6.84. The molecule has 0 fully saturated rings. The van der Waals surface area contributed by atoms with Gasteiger partial charge in [-0.15, -0.1) is 16.4 Å². The van der Waals surface area contributed by atoms with Crippen LogP contribution in [0.1, 0.15) is 0 Å². The van der Waals surface area contributed by atoms with Gasteiger partial charge in [0.25, 0.3) is 0 Å². The van der Waals surface area contributed by atoms with Crippen LogP contribution in [0.25, 0.3) is 76.5 Å². The van der Waals surface area contributed by atoms with Gasteiger partial charge in [0.05, 0.1) is 0 Å². The van der Waals surface area contributed by atoms with Crippen molar-refractivity contribution in [1.82, 2.24) is 0 Å². The Labute approximate surface area is 314 Å². The Morgan fingerprint density at radius 2 is 0.529 bits per heavy atom. The highest BCUT2D eigenvalue weighted by Crippen LogP contribution is 2.42. The Bertz CT molecular complexity index is 2850. The van der Waals surface area contributed by atoms with Gasteiger partial charge in [-0.1, -0.05) is 109 Å². The van der Waals surface area contributed by atoms with E-state index in [9.17, 15) is 0 Å². The quantitative estimate of drug-likeness (QED) is 0.136. The fraction of sp³-hybridized carbons (Fsp3) is 0. The molecule has 0 saturated heterocycles. The SMILES string of the molecule is Bc1c(B)c(B)c2c(oc3c(B)c(B)c(-c4c5ccccc5c(-c5c(B)c(B)c6c(B)c(B)c(B)c(B)c6c5B)c5ccccc45)c(B)c32)c1B. The lowest BCUT2D eigenvalue weighted by atomic mass is 9.58. The van der Waals surface area contributed by atoms with E-state index in [1.807, 2.05) is 0 Å². The third kappa shape index (κ3) is 4.42. The Balaban J connectivity index is 1.58. The topological polar surface area (TPSA) is 13.1 Å². The first-order valence-electron chi connectivity index (χ1n) is 18.6. The summed E-state index contributed by atoms with van der Waals surface area (Å²) in [6, 6.07) is 18.3. The molecule has 7 aromatic carbocycles. The average molecular weight is 636 g/mol. The third-order valence-electron chi connectivity index (χ3n) is 13.5. The Hall–Kier alpha value is -3.97. The second kappa shape index (κ2) is 11.8. The fourth-order valence-corrected chi connectivity index (χ4v) is 9.81. The van der Waals surface area contributed by atoms with Crippen LogP contribution in [0.5, 0.6) is 0 Å². The van der Waals surface area contributed by atoms with Crippen molar-refractivity contribution in [2.45, 2.75) is 0 Å². The summed E-state index contributed by atoms with van der Waals surface area (Å²) in [5.41, 5.74) is 26.3. The Morgan fingerprint density at radius 3 is 0.961 bits per heavy atom. The lowest BCUT2D eigenvalue weighted by molar-refractivity contribution is 0.675. The van der Waals surface area contributed by atoms with Gasteiger partial charge in [-0.3, -0.25) is 0 Å². The molecule has 0 aliphatic rings. The van der Waals surface area contributed by atoms with Crippen LogP contribution in [0, 0.1) is 0 Å². The summed E-state index contributed by atoms with van der Waals surface area (Å²) in [4.78, 5) is 0. The summed E-state index contributed by atoms with van der Waals surface area (Å²) < 4.78 is 6.84. The van der Waals surface area contributed by atoms with Crippen molar-refractivity contribution in [1.29, 1.82) is 0 Å². The molecule has 51 heavy (non-hydrogen) atoms. The van der Waals surface area contributed by atoms with Gasteiger partial charge in [0.2, 0.25) is 0 Å². The van der Waals surface area contributed by atoms with Crippen LogP contribution in [0.3, 0.4) is 0 Å². The number of rotatable bonds is 2. The molecule has 0 bridgehead atoms. The molecule has 15 heteroatoms. The van der Waals surface area contributed by atoms with Crippen molar-refractivity contribution in [3.05, 3.63) is 48.5 Å². The number of hydrogen-bond donors (Lipinski definition) is 0. The molecule has 1 heterocycles. The number of hydrogen-bond acceptors (Lipinski definition) is 1. The number of fused-ring (bicyclic) bond motifs is 6. The molecule has 1 nitrogen and oxygen atoms in total. The van der Waals surface area contributed by atoms with Crippen LogP contribution >= 0.6 is 0 Å². The molecule has 0 radical (unpaired) electrons. The van der Waals surface area contributed by atoms with E-state index in [1.54, 1.807) is 0 Å². The smallest absolute Gasteiger partial charge is 0.143 e. The maximum absolute atomic E-state index is 6.84. The van der Waals surface area contributed by atoms with E-state index in [2.05, 4.69) is 158 Å². The highest BCUT2D eigenvalue weighted by atomic mass is 16.3. The second-order valence-electron chi connectivity index (χ2n) is 15.6. The fourth-order valence-electron chi connectivity index (χ4n) is 9.81. The third-order valence-corrected chi connectivity index (χ3v) is 13.5. The van der Waals surface area contributed by atoms with E-state index in [4.69, 9.17) is 4.42 Å². The molecule has 0 N–H and O–H groups in total. The molecule has 0 unspecified atom stereocenters. The molecule has 0 spiro atoms. The van der Waals surface area contributed by atoms with Crippen molar-refractivity contribution in [3.63, 3.8) is 0 Å². The van der Waals surface area contributed by atoms with E-state index >= 15 is 0 Å². The molecule has 0 amide bonds. The first-order valence-corrected chi connectivity index (χ1v) is 18.6. The standard InChI is InChI=1S/C36H36B14O/c37-21-15(23(39)24(40)18-17(21)25(41)29(45)30(46)26(18)42)13-9-5-1-3-7-11(9)14(12-8-4-2-6-10(12)13)16-22(38)19-20-28(44)31(47)32(48)34(50)36(20)51-35(19)33(49)27(16)43/h1-8H,37-50H2. The molecule has 0 aliphatic carbocycles. The van der Waals surface area contributed by atoms with Crippen molar-refractivity contribution >= 4 is 241 Å². The van der Waals surface area contributed by atoms with Gasteiger partial charge in [-0.25, -0.2) is 0 Å². The Kier molecular flexibility index (Phi) is 7.88. The minimum atomic E-state index is 1.03. The van der Waals surface area contributed by atoms with Gasteiger partial charge >= 0.3 is 0 Å². The lowest BCUT2D eigenvalue weighted by Crippen LogP contribution is -2.52. The molecule has 0 aliphatic heterocycles. The van der Waals surface area contributed by atoms with Gasteiger partial charge in [0.1, 0.15) is 121 Å². The van der Waals surface area contributed by atoms with Crippen LogP contribution in [-0.4, -0.2) is 110 Å². The number of benzene rings is 7. The summed E-state index contributed by atoms with van der Waals surface area (Å²) in [6.45, 7) is 0. The van der Waals surface area contributed by atoms with Gasteiger partial charge < -0.3 is 4.42 Å². The monoisotopic (exact) mass is 638 g/mol. The minimum Gasteiger partial charge on any atom is -0.457 e. The maximum Gasteiger partial charge on any atom is 0.143 e. The van der Waals surface area contributed by atoms with E-state index in [1.165, 1.54) is 142 Å². The van der Waals surface area contributed by atoms with Crippen molar-refractivity contribution in [2.75, 3.05) is 0 Å². The normalized spacial score (nSPS) is 11.8. The first kappa shape index (κ1) is 34.1. The summed E-state index contributed by atoms with van der Waals surface area (Å²) in [7, 11) is 32.1. The van der Waals surface area contributed by atoms with Gasteiger partial charge in [0.15, 0.2) is 0 Å². The zero-order valence-corrected chi connectivity index (χ0v) is 33.0. The van der Waals surface area contributed by atoms with Gasteiger partial charge in [0, 0.05) is 10.8 Å². The first-order chi connectivity index (χ1) is 24.2. The summed E-state index contributed by atoms with van der Waals surface area (Å²) in [5, 5.41) is 10.6. The van der Waals surface area contributed by atoms with Crippen molar-refractivity contribution in [2.24, 2.45) is 0 Å². The van der Waals surface area contributed by atoms with E-state index in [-0.39, 0.29) is 0 Å². The average Bonchev–Trinajstić information content (AvgIpc) is 3.54. The second-order valence-corrected chi connectivity index (χ2v) is 15.6. The molecule has 8 rings (SSSR count). The number of furan rings is 1. The van der Waals surface area contributed by atoms with Crippen LogP contribution < -0.4 is 76.5 Å². The van der Waals surface area contributed by atoms with Gasteiger partial charge in [-0.05, 0) is 54.6 Å². The molecular formula is C36H36B14O. The van der Waals surface area contributed by atoms with Crippen molar-refractivity contribution in [3.8, 4) is 22.3 Å². The summed E-state index contributed by atoms with van der Waals surface area (Å²) in [5.74, 6) is 0. The van der Waals surface area contributed by atoms with Gasteiger partial charge in [-0.2, -0.15) is 0 Å². The summed E-state index contributed by atoms with van der Waals surface area (Å²) >= 11 is 0. The highest BCUT2D eigenvalue weighted by molar-refractivity contribution is 6.73. The van der Waals surface area contributed by atoms with Crippen LogP contribution in [-0.2, 0) is 0 Å². The molecular weight excluding hydrogens is 600 g/mol. The van der Waals surface area contributed by atoms with E-state index in [0.717, 1.165) is 11.2 Å². The minimum absolute atomic E-state index is 1.03. The van der Waals surface area contributed by atoms with Crippen LogP contribution in [0.4, 0.5) is 0 Å². The Morgan fingerprint density at radius 1 is 0.255 bits per heavy atom. The van der Waals surface area contributed by atoms with Crippen LogP contribution in [0.2, 0.25) is 0 Å². The molecule has 1 aromatic heterocycles. The zero-order valence-electron chi connectivity index (χ0n) is 33.0. The molecule has 0 atom stereocenters.